The predicted molar refractivity (Wildman–Crippen MR) is 113 cm³/mol. The van der Waals surface area contributed by atoms with Gasteiger partial charge >= 0.3 is 0 Å². The monoisotopic (exact) mass is 369 g/mol. The molecule has 7 nitrogen and oxygen atoms in total. The Morgan fingerprint density at radius 3 is 2.59 bits per heavy atom. The van der Waals surface area contributed by atoms with E-state index < -0.39 is 0 Å². The van der Waals surface area contributed by atoms with Gasteiger partial charge in [-0.15, -0.1) is 0 Å². The van der Waals surface area contributed by atoms with Crippen LogP contribution in [0.2, 0.25) is 0 Å². The van der Waals surface area contributed by atoms with Gasteiger partial charge in [0.15, 0.2) is 0 Å². The topological polar surface area (TPSA) is 61.6 Å². The Morgan fingerprint density at radius 1 is 1.22 bits per heavy atom. The van der Waals surface area contributed by atoms with E-state index in [0.29, 0.717) is 6.04 Å². The van der Waals surface area contributed by atoms with Crippen LogP contribution in [0.5, 0.6) is 0 Å². The lowest BCUT2D eigenvalue weighted by Crippen LogP contribution is -2.49. The molecule has 0 atom stereocenters. The summed E-state index contributed by atoms with van der Waals surface area (Å²) in [4.78, 5) is 18.3. The molecular formula is C20H31N7. The first kappa shape index (κ1) is 19.1. The van der Waals surface area contributed by atoms with Gasteiger partial charge in [-0.2, -0.15) is 0 Å². The lowest BCUT2D eigenvalue weighted by Gasteiger charge is -2.37. The van der Waals surface area contributed by atoms with Crippen LogP contribution < -0.4 is 15.7 Å². The normalized spacial score (nSPS) is 16.0. The van der Waals surface area contributed by atoms with Gasteiger partial charge in [0, 0.05) is 70.9 Å². The highest BCUT2D eigenvalue weighted by molar-refractivity contribution is 5.59. The van der Waals surface area contributed by atoms with Gasteiger partial charge in [0.1, 0.15) is 22.9 Å². The summed E-state index contributed by atoms with van der Waals surface area (Å²) in [5.41, 5.74) is 1.76. The highest BCUT2D eigenvalue weighted by Crippen LogP contribution is 2.20. The lowest BCUT2D eigenvalue weighted by molar-refractivity contribution is 0.209. The third-order valence-corrected chi connectivity index (χ3v) is 4.86. The van der Waals surface area contributed by atoms with Gasteiger partial charge < -0.3 is 14.8 Å². The number of hydrogen-bond acceptors (Lipinski definition) is 6. The van der Waals surface area contributed by atoms with Gasteiger partial charge in [-0.05, 0) is 26.8 Å². The van der Waals surface area contributed by atoms with Crippen molar-refractivity contribution in [2.75, 3.05) is 43.4 Å². The van der Waals surface area contributed by atoms with E-state index in [9.17, 15) is 0 Å². The largest absolute Gasteiger partial charge is 0.354 e. The van der Waals surface area contributed by atoms with Crippen LogP contribution in [0.3, 0.4) is 0 Å². The number of piperazine rings is 1. The molecule has 3 rings (SSSR count). The fraction of sp³-hybridized carbons (Fsp3) is 0.450. The molecule has 7 heteroatoms. The molecule has 0 amide bonds. The Labute approximate surface area is 162 Å². The molecule has 1 fully saturated rings. The maximum atomic E-state index is 4.65. The van der Waals surface area contributed by atoms with Crippen molar-refractivity contribution in [3.8, 4) is 0 Å². The van der Waals surface area contributed by atoms with Crippen LogP contribution in [0.4, 0.5) is 17.3 Å². The van der Waals surface area contributed by atoms with Crippen molar-refractivity contribution in [1.29, 1.82) is 0 Å². The van der Waals surface area contributed by atoms with Gasteiger partial charge in [0.25, 0.3) is 0 Å². The second kappa shape index (κ2) is 8.35. The average Bonchev–Trinajstić information content (AvgIpc) is 2.67. The van der Waals surface area contributed by atoms with E-state index in [1.54, 1.807) is 13.2 Å². The van der Waals surface area contributed by atoms with E-state index >= 15 is 0 Å². The predicted octanol–water partition coefficient (Wildman–Crippen LogP) is 2.74. The van der Waals surface area contributed by atoms with E-state index in [4.69, 9.17) is 0 Å². The number of aryl methyl sites for hydroxylation is 1. The number of pyridine rings is 1. The van der Waals surface area contributed by atoms with E-state index in [-0.39, 0.29) is 1.43 Å². The zero-order valence-corrected chi connectivity index (χ0v) is 16.7. The maximum absolute atomic E-state index is 4.65. The number of nitrogens with zero attached hydrogens (tertiary/aromatic N) is 6. The first-order valence-electron chi connectivity index (χ1n) is 9.39. The molecule has 0 bridgehead atoms. The number of hydrogen-bond donors (Lipinski definition) is 1. The molecule has 27 heavy (non-hydrogen) atoms. The average molecular weight is 370 g/mol. The molecule has 0 radical (unpaired) electrons. The summed E-state index contributed by atoms with van der Waals surface area (Å²) in [5, 5.41) is 3.38. The van der Waals surface area contributed by atoms with Crippen LogP contribution in [0.1, 0.15) is 21.1 Å². The summed E-state index contributed by atoms with van der Waals surface area (Å²) in [6.07, 6.45) is 3.66. The van der Waals surface area contributed by atoms with Gasteiger partial charge in [-0.1, -0.05) is 6.58 Å². The molecule has 0 aliphatic carbocycles. The Bertz CT molecular complexity index is 867. The molecule has 1 aliphatic heterocycles. The Kier molecular flexibility index (Phi) is 5.91. The zero-order chi connectivity index (χ0) is 19.4. The summed E-state index contributed by atoms with van der Waals surface area (Å²) in [5.74, 6) is 2.53. The molecule has 1 N–H and O–H groups in total. The first-order chi connectivity index (χ1) is 13.0. The van der Waals surface area contributed by atoms with Crippen molar-refractivity contribution >= 4 is 23.5 Å². The van der Waals surface area contributed by atoms with Crippen molar-refractivity contribution in [1.82, 2.24) is 19.4 Å². The van der Waals surface area contributed by atoms with E-state index in [2.05, 4.69) is 50.5 Å². The van der Waals surface area contributed by atoms with Crippen LogP contribution in [-0.4, -0.2) is 58.7 Å². The Balaban J connectivity index is 0.00000280. The summed E-state index contributed by atoms with van der Waals surface area (Å²) in [6.45, 7) is 14.3. The van der Waals surface area contributed by atoms with Gasteiger partial charge in [-0.3, -0.25) is 9.89 Å². The standard InChI is InChI=1S/C20H29N7.H2/c1-6-25-8-7-17(13-19(25)21-5)24-18-14-20(23-16(4)22-18)27-11-9-26(10-12-27)15(2)3;/h6-8,13-15H,1,9-12H2,2-5H3,(H,22,23,24);1H. The second-order valence-electron chi connectivity index (χ2n) is 6.99. The van der Waals surface area contributed by atoms with Crippen molar-refractivity contribution in [3.63, 3.8) is 0 Å². The number of aromatic nitrogens is 3. The summed E-state index contributed by atoms with van der Waals surface area (Å²) >= 11 is 0. The summed E-state index contributed by atoms with van der Waals surface area (Å²) in [7, 11) is 1.77. The molecule has 2 aromatic rings. The molecule has 3 heterocycles. The van der Waals surface area contributed by atoms with Crippen molar-refractivity contribution < 1.29 is 1.43 Å². The Morgan fingerprint density at radius 2 is 1.96 bits per heavy atom. The minimum Gasteiger partial charge on any atom is -0.354 e. The molecule has 2 aromatic heterocycles. The highest BCUT2D eigenvalue weighted by atomic mass is 15.3. The van der Waals surface area contributed by atoms with Gasteiger partial charge in [0.2, 0.25) is 0 Å². The first-order valence-corrected chi connectivity index (χ1v) is 9.39. The van der Waals surface area contributed by atoms with Crippen LogP contribution in [-0.2, 0) is 0 Å². The van der Waals surface area contributed by atoms with Gasteiger partial charge in [0.05, 0.1) is 0 Å². The summed E-state index contributed by atoms with van der Waals surface area (Å²) in [6, 6.07) is 6.57. The second-order valence-corrected chi connectivity index (χ2v) is 6.99. The van der Waals surface area contributed by atoms with Crippen molar-refractivity contribution in [2.45, 2.75) is 26.8 Å². The number of rotatable bonds is 5. The highest BCUT2D eigenvalue weighted by Gasteiger charge is 2.20. The molecular weight excluding hydrogens is 338 g/mol. The third kappa shape index (κ3) is 4.54. The van der Waals surface area contributed by atoms with Crippen LogP contribution in [0.25, 0.3) is 6.20 Å². The number of nitrogens with one attached hydrogen (secondary N) is 1. The third-order valence-electron chi connectivity index (χ3n) is 4.86. The molecule has 0 spiro atoms. The SMILES string of the molecule is C=Cn1ccc(Nc2cc(N3CCN(C(C)C)CC3)nc(C)n2)cc1=NC.[HH]. The lowest BCUT2D eigenvalue weighted by atomic mass is 10.2. The van der Waals surface area contributed by atoms with Gasteiger partial charge in [-0.25, -0.2) is 9.97 Å². The van der Waals surface area contributed by atoms with E-state index in [0.717, 1.165) is 54.8 Å². The van der Waals surface area contributed by atoms with Crippen molar-refractivity contribution in [2.24, 2.45) is 4.99 Å². The fourth-order valence-electron chi connectivity index (χ4n) is 3.30. The van der Waals surface area contributed by atoms with Crippen LogP contribution in [0.15, 0.2) is 36.0 Å². The minimum atomic E-state index is 0. The molecule has 1 saturated heterocycles. The van der Waals surface area contributed by atoms with E-state index in [1.165, 1.54) is 0 Å². The number of anilines is 3. The van der Waals surface area contributed by atoms with Crippen LogP contribution in [0, 0.1) is 6.92 Å². The van der Waals surface area contributed by atoms with E-state index in [1.807, 2.05) is 35.9 Å². The molecule has 0 aromatic carbocycles. The minimum absolute atomic E-state index is 0. The quantitative estimate of drug-likeness (QED) is 0.878. The van der Waals surface area contributed by atoms with Crippen LogP contribution >= 0.6 is 0 Å². The molecule has 146 valence electrons. The molecule has 0 unspecified atom stereocenters. The van der Waals surface area contributed by atoms with Crippen molar-refractivity contribution in [3.05, 3.63) is 42.3 Å². The molecule has 0 saturated carbocycles. The smallest absolute Gasteiger partial charge is 0.136 e. The Hall–Kier alpha value is -2.67. The zero-order valence-electron chi connectivity index (χ0n) is 16.7. The maximum Gasteiger partial charge on any atom is 0.136 e. The fourth-order valence-corrected chi connectivity index (χ4v) is 3.30. The summed E-state index contributed by atoms with van der Waals surface area (Å²) < 4.78 is 1.87. The molecule has 1 aliphatic rings.